The van der Waals surface area contributed by atoms with E-state index < -0.39 is 0 Å². The summed E-state index contributed by atoms with van der Waals surface area (Å²) >= 11 is 0. The average molecular weight is 371 g/mol. The Morgan fingerprint density at radius 3 is 2.81 bits per heavy atom. The van der Waals surface area contributed by atoms with Crippen LogP contribution in [0.3, 0.4) is 0 Å². The Balaban J connectivity index is 1.95. The second kappa shape index (κ2) is 8.61. The van der Waals surface area contributed by atoms with Crippen molar-refractivity contribution in [3.8, 4) is 5.75 Å². The van der Waals surface area contributed by atoms with E-state index in [0.29, 0.717) is 13.2 Å². The van der Waals surface area contributed by atoms with Crippen LogP contribution in [0.2, 0.25) is 0 Å². The predicted octanol–water partition coefficient (Wildman–Crippen LogP) is 4.18. The number of carbonyl (C=O) groups is 1. The molecule has 1 aromatic heterocycles. The van der Waals surface area contributed by atoms with Crippen LogP contribution < -0.4 is 10.1 Å². The van der Waals surface area contributed by atoms with Gasteiger partial charge < -0.3 is 19.2 Å². The minimum Gasteiger partial charge on any atom is -0.496 e. The van der Waals surface area contributed by atoms with Gasteiger partial charge in [0.15, 0.2) is 0 Å². The molecule has 1 aliphatic rings. The van der Waals surface area contributed by atoms with Crippen LogP contribution in [0, 0.1) is 6.92 Å². The molecular formula is C22H29NO4. The summed E-state index contributed by atoms with van der Waals surface area (Å²) in [6.45, 7) is 5.21. The summed E-state index contributed by atoms with van der Waals surface area (Å²) in [6, 6.07) is 2.12. The first-order valence-electron chi connectivity index (χ1n) is 9.64. The Kier molecular flexibility index (Phi) is 6.22. The summed E-state index contributed by atoms with van der Waals surface area (Å²) in [5.41, 5.74) is 5.06. The molecule has 1 N–H and O–H groups in total. The molecule has 0 fully saturated rings. The average Bonchev–Trinajstić information content (AvgIpc) is 3.04. The van der Waals surface area contributed by atoms with E-state index >= 15 is 0 Å². The SMILES string of the molecule is COCCCNC(=O)/C=C(\C)c1cc2c3c(oc2c(C)c1OC)CCCC3. The number of aryl methyl sites for hydroxylation is 3. The maximum atomic E-state index is 12.2. The fourth-order valence-electron chi connectivity index (χ4n) is 3.85. The fourth-order valence-corrected chi connectivity index (χ4v) is 3.85. The van der Waals surface area contributed by atoms with E-state index in [2.05, 4.69) is 11.4 Å². The summed E-state index contributed by atoms with van der Waals surface area (Å²) in [7, 11) is 3.32. The standard InChI is InChI=1S/C22H29NO4/c1-14(12-20(24)23-10-7-11-25-3)17-13-18-16-8-5-6-9-19(16)27-22(18)15(2)21(17)26-4/h12-13H,5-11H2,1-4H3,(H,23,24)/b14-12+. The number of fused-ring (bicyclic) bond motifs is 3. The number of carbonyl (C=O) groups excluding carboxylic acids is 1. The smallest absolute Gasteiger partial charge is 0.244 e. The number of allylic oxidation sites excluding steroid dienone is 1. The number of methoxy groups -OCH3 is 2. The van der Waals surface area contributed by atoms with E-state index in [1.54, 1.807) is 20.3 Å². The Bertz CT molecular complexity index is 863. The van der Waals surface area contributed by atoms with Gasteiger partial charge in [-0.25, -0.2) is 0 Å². The lowest BCUT2D eigenvalue weighted by Gasteiger charge is -2.13. The monoisotopic (exact) mass is 371 g/mol. The molecule has 1 aromatic carbocycles. The van der Waals surface area contributed by atoms with Crippen LogP contribution in [0.4, 0.5) is 0 Å². The van der Waals surface area contributed by atoms with Crippen LogP contribution in [-0.2, 0) is 22.4 Å². The maximum Gasteiger partial charge on any atom is 0.244 e. The first-order valence-corrected chi connectivity index (χ1v) is 9.64. The molecule has 1 amide bonds. The van der Waals surface area contributed by atoms with Gasteiger partial charge in [-0.3, -0.25) is 4.79 Å². The second-order valence-corrected chi connectivity index (χ2v) is 7.13. The van der Waals surface area contributed by atoms with Crippen LogP contribution in [0.5, 0.6) is 5.75 Å². The van der Waals surface area contributed by atoms with Gasteiger partial charge in [-0.1, -0.05) is 0 Å². The molecule has 5 heteroatoms. The molecule has 1 aliphatic carbocycles. The molecule has 3 rings (SSSR count). The van der Waals surface area contributed by atoms with Crippen LogP contribution in [0.15, 0.2) is 16.6 Å². The Hall–Kier alpha value is -2.27. The molecule has 0 atom stereocenters. The lowest BCUT2D eigenvalue weighted by atomic mass is 9.93. The van der Waals surface area contributed by atoms with Crippen molar-refractivity contribution in [2.75, 3.05) is 27.4 Å². The van der Waals surface area contributed by atoms with Gasteiger partial charge in [-0.2, -0.15) is 0 Å². The zero-order valence-corrected chi connectivity index (χ0v) is 16.7. The molecule has 0 saturated carbocycles. The van der Waals surface area contributed by atoms with Gasteiger partial charge in [0.25, 0.3) is 0 Å². The topological polar surface area (TPSA) is 60.7 Å². The summed E-state index contributed by atoms with van der Waals surface area (Å²) < 4.78 is 16.9. The number of hydrogen-bond acceptors (Lipinski definition) is 4. The minimum atomic E-state index is -0.0994. The van der Waals surface area contributed by atoms with Gasteiger partial charge in [0.2, 0.25) is 5.91 Å². The molecule has 5 nitrogen and oxygen atoms in total. The molecule has 0 saturated heterocycles. The van der Waals surface area contributed by atoms with Crippen molar-refractivity contribution >= 4 is 22.4 Å². The van der Waals surface area contributed by atoms with Gasteiger partial charge in [-0.05, 0) is 51.2 Å². The molecule has 0 unspecified atom stereocenters. The van der Waals surface area contributed by atoms with Crippen molar-refractivity contribution in [1.82, 2.24) is 5.32 Å². The normalized spacial score (nSPS) is 14.3. The Morgan fingerprint density at radius 2 is 2.07 bits per heavy atom. The van der Waals surface area contributed by atoms with E-state index in [0.717, 1.165) is 58.4 Å². The second-order valence-electron chi connectivity index (χ2n) is 7.13. The lowest BCUT2D eigenvalue weighted by Crippen LogP contribution is -2.23. The van der Waals surface area contributed by atoms with Crippen molar-refractivity contribution < 1.29 is 18.7 Å². The first-order chi connectivity index (χ1) is 13.1. The van der Waals surface area contributed by atoms with Crippen LogP contribution in [-0.4, -0.2) is 33.3 Å². The van der Waals surface area contributed by atoms with Crippen molar-refractivity contribution in [3.63, 3.8) is 0 Å². The predicted molar refractivity (Wildman–Crippen MR) is 107 cm³/mol. The van der Waals surface area contributed by atoms with Crippen LogP contribution in [0.25, 0.3) is 16.5 Å². The minimum absolute atomic E-state index is 0.0994. The van der Waals surface area contributed by atoms with Gasteiger partial charge in [0.05, 0.1) is 7.11 Å². The molecular weight excluding hydrogens is 342 g/mol. The van der Waals surface area contributed by atoms with Crippen LogP contribution in [0.1, 0.15) is 48.6 Å². The molecule has 0 bridgehead atoms. The number of amides is 1. The molecule has 0 aliphatic heterocycles. The molecule has 2 aromatic rings. The Labute approximate surface area is 160 Å². The zero-order valence-electron chi connectivity index (χ0n) is 16.7. The molecule has 0 spiro atoms. The summed E-state index contributed by atoms with van der Waals surface area (Å²) in [5.74, 6) is 1.78. The number of furan rings is 1. The highest BCUT2D eigenvalue weighted by atomic mass is 16.5. The largest absolute Gasteiger partial charge is 0.496 e. The number of benzene rings is 1. The summed E-state index contributed by atoms with van der Waals surface area (Å²) in [4.78, 5) is 12.2. The number of ether oxygens (including phenoxy) is 2. The number of hydrogen-bond donors (Lipinski definition) is 1. The highest BCUT2D eigenvalue weighted by Crippen LogP contribution is 2.40. The molecule has 146 valence electrons. The molecule has 1 heterocycles. The fraction of sp³-hybridized carbons (Fsp3) is 0.500. The number of nitrogens with one attached hydrogen (secondary N) is 1. The lowest BCUT2D eigenvalue weighted by molar-refractivity contribution is -0.116. The van der Waals surface area contributed by atoms with Crippen molar-refractivity contribution in [1.29, 1.82) is 0 Å². The maximum absolute atomic E-state index is 12.2. The van der Waals surface area contributed by atoms with Gasteiger partial charge in [0, 0.05) is 54.8 Å². The van der Waals surface area contributed by atoms with E-state index in [9.17, 15) is 4.79 Å². The molecule has 0 radical (unpaired) electrons. The first kappa shape index (κ1) is 19.5. The van der Waals surface area contributed by atoms with Gasteiger partial charge in [0.1, 0.15) is 17.1 Å². The third-order valence-corrected chi connectivity index (χ3v) is 5.23. The van der Waals surface area contributed by atoms with Crippen molar-refractivity contribution in [2.45, 2.75) is 46.0 Å². The quantitative estimate of drug-likeness (QED) is 0.586. The van der Waals surface area contributed by atoms with E-state index in [-0.39, 0.29) is 5.91 Å². The zero-order chi connectivity index (χ0) is 19.4. The van der Waals surface area contributed by atoms with E-state index in [1.165, 1.54) is 18.4 Å². The van der Waals surface area contributed by atoms with E-state index in [4.69, 9.17) is 13.9 Å². The Morgan fingerprint density at radius 1 is 1.30 bits per heavy atom. The highest BCUT2D eigenvalue weighted by Gasteiger charge is 2.23. The van der Waals surface area contributed by atoms with Gasteiger partial charge in [-0.15, -0.1) is 0 Å². The van der Waals surface area contributed by atoms with Crippen LogP contribution >= 0.6 is 0 Å². The van der Waals surface area contributed by atoms with Crippen molar-refractivity contribution in [3.05, 3.63) is 34.6 Å². The van der Waals surface area contributed by atoms with Gasteiger partial charge >= 0.3 is 0 Å². The van der Waals surface area contributed by atoms with Crippen molar-refractivity contribution in [2.24, 2.45) is 0 Å². The highest BCUT2D eigenvalue weighted by molar-refractivity contribution is 5.98. The summed E-state index contributed by atoms with van der Waals surface area (Å²) in [6.07, 6.45) is 6.86. The third-order valence-electron chi connectivity index (χ3n) is 5.23. The third kappa shape index (κ3) is 4.03. The summed E-state index contributed by atoms with van der Waals surface area (Å²) in [5, 5.41) is 4.06. The van der Waals surface area contributed by atoms with E-state index in [1.807, 2.05) is 13.8 Å². The molecule has 27 heavy (non-hydrogen) atoms. The number of rotatable bonds is 7.